The zero-order chi connectivity index (χ0) is 9.84. The van der Waals surface area contributed by atoms with E-state index in [1.165, 1.54) is 11.8 Å². The molecule has 0 aliphatic rings. The normalized spacial score (nSPS) is 10.0. The number of rotatable bonds is 3. The van der Waals surface area contributed by atoms with E-state index < -0.39 is 5.97 Å². The summed E-state index contributed by atoms with van der Waals surface area (Å²) in [7, 11) is 0. The summed E-state index contributed by atoms with van der Waals surface area (Å²) in [5.74, 6) is -0.996. The third kappa shape index (κ3) is 2.53. The molecule has 0 unspecified atom stereocenters. The first kappa shape index (κ1) is 10.7. The third-order valence-corrected chi connectivity index (χ3v) is 2.76. The van der Waals surface area contributed by atoms with E-state index in [-0.39, 0.29) is 5.69 Å². The largest absolute Gasteiger partial charge is 0.476 e. The van der Waals surface area contributed by atoms with Crippen LogP contribution < -0.4 is 0 Å². The average Bonchev–Trinajstić information content (AvgIpc) is 2.16. The first-order valence-corrected chi connectivity index (χ1v) is 6.13. The second-order valence-corrected chi connectivity index (χ2v) is 3.71. The average molecular weight is 310 g/mol. The van der Waals surface area contributed by atoms with Crippen molar-refractivity contribution in [1.29, 1.82) is 0 Å². The Hall–Kier alpha value is -0.370. The zero-order valence-corrected chi connectivity index (χ0v) is 9.79. The van der Waals surface area contributed by atoms with Crippen molar-refractivity contribution in [2.24, 2.45) is 0 Å². The number of hydrogen-bond donors (Lipinski definition) is 1. The summed E-state index contributed by atoms with van der Waals surface area (Å²) in [6.45, 7) is 0. The molecule has 4 nitrogen and oxygen atoms in total. The highest BCUT2D eigenvalue weighted by Gasteiger charge is 2.12. The number of aromatic nitrogens is 2. The summed E-state index contributed by atoms with van der Waals surface area (Å²) in [6, 6.07) is 0. The second-order valence-electron chi connectivity index (χ2n) is 2.17. The molecule has 0 aliphatic carbocycles. The highest BCUT2D eigenvalue weighted by atomic mass is 127. The van der Waals surface area contributed by atoms with Crippen LogP contribution in [0.3, 0.4) is 0 Å². The summed E-state index contributed by atoms with van der Waals surface area (Å²) in [5.41, 5.74) is 0.764. The van der Waals surface area contributed by atoms with Gasteiger partial charge in [0.2, 0.25) is 0 Å². The van der Waals surface area contributed by atoms with E-state index in [1.807, 2.05) is 6.26 Å². The summed E-state index contributed by atoms with van der Waals surface area (Å²) in [5, 5.41) is 9.31. The Morgan fingerprint density at radius 3 is 2.92 bits per heavy atom. The van der Waals surface area contributed by atoms with Crippen LogP contribution >= 0.6 is 34.4 Å². The Labute approximate surface area is 93.3 Å². The van der Waals surface area contributed by atoms with Crippen LogP contribution in [0.25, 0.3) is 0 Å². The Morgan fingerprint density at radius 1 is 1.77 bits per heavy atom. The van der Waals surface area contributed by atoms with Gasteiger partial charge < -0.3 is 5.11 Å². The molecule has 1 aromatic heterocycles. The van der Waals surface area contributed by atoms with Crippen LogP contribution in [0.2, 0.25) is 0 Å². The number of aromatic carboxylic acids is 1. The van der Waals surface area contributed by atoms with E-state index in [1.54, 1.807) is 6.20 Å². The Kier molecular flexibility index (Phi) is 3.91. The standard InChI is InChI=1S/C7H7IN2O2S/c1-13-7-9-3-4(2-8)5(10-7)6(11)12/h3H,2H2,1H3,(H,11,12). The van der Waals surface area contributed by atoms with Crippen molar-refractivity contribution in [3.63, 3.8) is 0 Å². The van der Waals surface area contributed by atoms with Gasteiger partial charge in [0.1, 0.15) is 0 Å². The van der Waals surface area contributed by atoms with Crippen molar-refractivity contribution < 1.29 is 9.90 Å². The summed E-state index contributed by atoms with van der Waals surface area (Å²) < 4.78 is 0.605. The number of carboxylic acids is 1. The fraction of sp³-hybridized carbons (Fsp3) is 0.286. The van der Waals surface area contributed by atoms with Gasteiger partial charge in [-0.3, -0.25) is 0 Å². The van der Waals surface area contributed by atoms with E-state index in [0.29, 0.717) is 15.1 Å². The summed E-state index contributed by atoms with van der Waals surface area (Å²) in [6.07, 6.45) is 3.37. The van der Waals surface area contributed by atoms with Gasteiger partial charge in [-0.2, -0.15) is 0 Å². The lowest BCUT2D eigenvalue weighted by atomic mass is 10.2. The van der Waals surface area contributed by atoms with Gasteiger partial charge in [-0.1, -0.05) is 34.4 Å². The predicted octanol–water partition coefficient (Wildman–Crippen LogP) is 1.83. The van der Waals surface area contributed by atoms with Crippen LogP contribution in [0.15, 0.2) is 11.4 Å². The van der Waals surface area contributed by atoms with E-state index in [2.05, 4.69) is 32.6 Å². The molecule has 0 fully saturated rings. The van der Waals surface area contributed by atoms with Crippen LogP contribution in [0, 0.1) is 0 Å². The van der Waals surface area contributed by atoms with Crippen molar-refractivity contribution in [3.05, 3.63) is 17.5 Å². The van der Waals surface area contributed by atoms with E-state index >= 15 is 0 Å². The molecule has 0 bridgehead atoms. The van der Waals surface area contributed by atoms with Crippen molar-refractivity contribution in [2.75, 3.05) is 6.26 Å². The van der Waals surface area contributed by atoms with Crippen molar-refractivity contribution in [3.8, 4) is 0 Å². The van der Waals surface area contributed by atoms with Crippen LogP contribution in [-0.2, 0) is 4.43 Å². The van der Waals surface area contributed by atoms with Gasteiger partial charge in [-0.15, -0.1) is 0 Å². The molecule has 70 valence electrons. The maximum atomic E-state index is 10.7. The summed E-state index contributed by atoms with van der Waals surface area (Å²) in [4.78, 5) is 18.6. The lowest BCUT2D eigenvalue weighted by Crippen LogP contribution is -2.06. The van der Waals surface area contributed by atoms with Crippen molar-refractivity contribution >= 4 is 40.3 Å². The van der Waals surface area contributed by atoms with E-state index in [9.17, 15) is 4.79 Å². The smallest absolute Gasteiger partial charge is 0.354 e. The lowest BCUT2D eigenvalue weighted by molar-refractivity contribution is 0.0688. The molecule has 0 amide bonds. The first-order valence-electron chi connectivity index (χ1n) is 3.38. The molecule has 1 N–H and O–H groups in total. The van der Waals surface area contributed by atoms with Gasteiger partial charge in [-0.05, 0) is 6.26 Å². The quantitative estimate of drug-likeness (QED) is 0.399. The number of alkyl halides is 1. The maximum Gasteiger partial charge on any atom is 0.354 e. The van der Waals surface area contributed by atoms with Crippen molar-refractivity contribution in [1.82, 2.24) is 9.97 Å². The Morgan fingerprint density at radius 2 is 2.46 bits per heavy atom. The first-order chi connectivity index (χ1) is 6.19. The number of thioether (sulfide) groups is 1. The molecule has 0 saturated carbocycles. The molecule has 13 heavy (non-hydrogen) atoms. The maximum absolute atomic E-state index is 10.7. The third-order valence-electron chi connectivity index (χ3n) is 1.37. The van der Waals surface area contributed by atoms with Crippen LogP contribution in [0.5, 0.6) is 0 Å². The molecule has 0 aliphatic heterocycles. The van der Waals surface area contributed by atoms with Gasteiger partial charge in [-0.25, -0.2) is 14.8 Å². The van der Waals surface area contributed by atoms with Crippen LogP contribution in [0.1, 0.15) is 16.1 Å². The minimum absolute atomic E-state index is 0.105. The molecule has 0 saturated heterocycles. The monoisotopic (exact) mass is 310 g/mol. The topological polar surface area (TPSA) is 63.1 Å². The molecule has 0 radical (unpaired) electrons. The number of halogens is 1. The van der Waals surface area contributed by atoms with E-state index in [0.717, 1.165) is 0 Å². The SMILES string of the molecule is CSc1ncc(CI)c(C(=O)O)n1. The molecule has 1 aromatic rings. The Bertz CT molecular complexity index is 332. The van der Waals surface area contributed by atoms with E-state index in [4.69, 9.17) is 5.11 Å². The van der Waals surface area contributed by atoms with Gasteiger partial charge in [0.25, 0.3) is 0 Å². The van der Waals surface area contributed by atoms with Crippen LogP contribution in [0.4, 0.5) is 0 Å². The molecular weight excluding hydrogens is 303 g/mol. The second kappa shape index (κ2) is 4.75. The Balaban J connectivity index is 3.18. The van der Waals surface area contributed by atoms with Crippen molar-refractivity contribution in [2.45, 2.75) is 9.58 Å². The minimum atomic E-state index is -0.996. The van der Waals surface area contributed by atoms with Gasteiger partial charge in [0.05, 0.1) is 0 Å². The number of carboxylic acid groups (broad SMARTS) is 1. The molecule has 0 spiro atoms. The highest BCUT2D eigenvalue weighted by molar-refractivity contribution is 14.1. The zero-order valence-electron chi connectivity index (χ0n) is 6.82. The molecule has 1 heterocycles. The molecule has 0 aromatic carbocycles. The fourth-order valence-electron chi connectivity index (χ4n) is 0.772. The predicted molar refractivity (Wildman–Crippen MR) is 58.5 cm³/mol. The van der Waals surface area contributed by atoms with Gasteiger partial charge in [0, 0.05) is 16.2 Å². The number of hydrogen-bond acceptors (Lipinski definition) is 4. The van der Waals surface area contributed by atoms with Crippen LogP contribution in [-0.4, -0.2) is 27.3 Å². The minimum Gasteiger partial charge on any atom is -0.476 e. The van der Waals surface area contributed by atoms with Gasteiger partial charge >= 0.3 is 5.97 Å². The highest BCUT2D eigenvalue weighted by Crippen LogP contribution is 2.14. The molecule has 6 heteroatoms. The lowest BCUT2D eigenvalue weighted by Gasteiger charge is -2.01. The molecule has 0 atom stereocenters. The summed E-state index contributed by atoms with van der Waals surface area (Å²) >= 11 is 3.42. The fourth-order valence-corrected chi connectivity index (χ4v) is 1.67. The number of carbonyl (C=O) groups is 1. The molecular formula is C7H7IN2O2S. The number of nitrogens with zero attached hydrogens (tertiary/aromatic N) is 2. The molecule has 1 rings (SSSR count). The van der Waals surface area contributed by atoms with Gasteiger partial charge in [0.15, 0.2) is 10.9 Å².